The van der Waals surface area contributed by atoms with E-state index in [0.717, 1.165) is 11.1 Å². The lowest BCUT2D eigenvalue weighted by Gasteiger charge is -2.12. The lowest BCUT2D eigenvalue weighted by Crippen LogP contribution is -2.18. The number of anilines is 1. The van der Waals surface area contributed by atoms with Gasteiger partial charge < -0.3 is 14.8 Å². The number of benzene rings is 2. The van der Waals surface area contributed by atoms with Crippen LogP contribution in [0.1, 0.15) is 16.7 Å². The number of carbonyl (C=O) groups excluding carboxylic acids is 1. The third kappa shape index (κ3) is 4.67. The first kappa shape index (κ1) is 18.5. The number of hydrogen-bond acceptors (Lipinski definition) is 4. The van der Waals surface area contributed by atoms with Gasteiger partial charge >= 0.3 is 0 Å². The number of aryl methyl sites for hydroxylation is 1. The van der Waals surface area contributed by atoms with Crippen LogP contribution in [0.3, 0.4) is 0 Å². The molecule has 0 saturated carbocycles. The van der Waals surface area contributed by atoms with Crippen molar-refractivity contribution in [2.24, 2.45) is 0 Å². The Kier molecular flexibility index (Phi) is 5.76. The zero-order valence-electron chi connectivity index (χ0n) is 15.7. The number of amides is 1. The van der Waals surface area contributed by atoms with E-state index in [0.29, 0.717) is 23.9 Å². The van der Waals surface area contributed by atoms with Crippen LogP contribution in [0.25, 0.3) is 0 Å². The predicted octanol–water partition coefficient (Wildman–Crippen LogP) is 3.44. The predicted molar refractivity (Wildman–Crippen MR) is 104 cm³/mol. The van der Waals surface area contributed by atoms with E-state index >= 15 is 0 Å². The molecule has 140 valence electrons. The number of rotatable bonds is 7. The number of carbonyl (C=O) groups is 1. The van der Waals surface area contributed by atoms with E-state index in [-0.39, 0.29) is 12.3 Å². The van der Waals surface area contributed by atoms with Crippen LogP contribution in [0.15, 0.2) is 54.7 Å². The summed E-state index contributed by atoms with van der Waals surface area (Å²) in [4.78, 5) is 12.5. The first-order chi connectivity index (χ1) is 13.1. The van der Waals surface area contributed by atoms with Crippen molar-refractivity contribution in [2.75, 3.05) is 19.5 Å². The third-order valence-electron chi connectivity index (χ3n) is 4.24. The molecule has 0 radical (unpaired) electrons. The fraction of sp³-hybridized carbons (Fsp3) is 0.238. The minimum Gasteiger partial charge on any atom is -0.497 e. The average Bonchev–Trinajstić information content (AvgIpc) is 3.08. The fourth-order valence-corrected chi connectivity index (χ4v) is 2.91. The highest BCUT2D eigenvalue weighted by Crippen LogP contribution is 2.25. The van der Waals surface area contributed by atoms with Crippen molar-refractivity contribution in [3.8, 4) is 11.5 Å². The minimum atomic E-state index is -0.135. The Morgan fingerprint density at radius 3 is 2.70 bits per heavy atom. The summed E-state index contributed by atoms with van der Waals surface area (Å²) >= 11 is 0. The van der Waals surface area contributed by atoms with Crippen LogP contribution < -0.4 is 14.8 Å². The molecule has 1 amide bonds. The molecule has 1 heterocycles. The minimum absolute atomic E-state index is 0.135. The Balaban J connectivity index is 1.70. The van der Waals surface area contributed by atoms with Crippen molar-refractivity contribution >= 4 is 11.7 Å². The summed E-state index contributed by atoms with van der Waals surface area (Å²) in [6.45, 7) is 2.65. The summed E-state index contributed by atoms with van der Waals surface area (Å²) in [6.07, 6.45) is 1.88. The molecule has 0 aliphatic rings. The molecule has 3 aromatic rings. The van der Waals surface area contributed by atoms with Gasteiger partial charge in [-0.25, -0.2) is 4.68 Å². The summed E-state index contributed by atoms with van der Waals surface area (Å²) in [7, 11) is 3.17. The van der Waals surface area contributed by atoms with Crippen molar-refractivity contribution in [3.05, 3.63) is 71.4 Å². The summed E-state index contributed by atoms with van der Waals surface area (Å²) in [5.74, 6) is 1.84. The summed E-state index contributed by atoms with van der Waals surface area (Å²) in [6, 6.07) is 15.4. The van der Waals surface area contributed by atoms with Gasteiger partial charge in [0.15, 0.2) is 0 Å². The van der Waals surface area contributed by atoms with Crippen LogP contribution in [0.5, 0.6) is 11.5 Å². The maximum absolute atomic E-state index is 12.5. The van der Waals surface area contributed by atoms with Gasteiger partial charge in [0.25, 0.3) is 0 Å². The largest absolute Gasteiger partial charge is 0.497 e. The van der Waals surface area contributed by atoms with E-state index in [1.807, 2.05) is 24.3 Å². The number of hydrogen-bond donors (Lipinski definition) is 1. The van der Waals surface area contributed by atoms with E-state index in [1.54, 1.807) is 37.2 Å². The Labute approximate surface area is 158 Å². The number of ether oxygens (including phenoxy) is 2. The van der Waals surface area contributed by atoms with Gasteiger partial charge in [0.05, 0.1) is 33.4 Å². The molecule has 6 nitrogen and oxygen atoms in total. The molecule has 0 fully saturated rings. The molecule has 1 aromatic heterocycles. The standard InChI is InChI=1S/C21H23N3O3/c1-15-5-4-6-16(11-15)14-24-20(9-10-22-24)23-21(25)12-17-7-8-18(26-2)13-19(17)27-3/h4-11,13H,12,14H2,1-3H3,(H,23,25). The van der Waals surface area contributed by atoms with Crippen molar-refractivity contribution in [1.82, 2.24) is 9.78 Å². The molecule has 0 bridgehead atoms. The summed E-state index contributed by atoms with van der Waals surface area (Å²) < 4.78 is 12.3. The fourth-order valence-electron chi connectivity index (χ4n) is 2.91. The van der Waals surface area contributed by atoms with Crippen molar-refractivity contribution < 1.29 is 14.3 Å². The maximum Gasteiger partial charge on any atom is 0.230 e. The number of nitrogens with one attached hydrogen (secondary N) is 1. The smallest absolute Gasteiger partial charge is 0.230 e. The third-order valence-corrected chi connectivity index (χ3v) is 4.24. The summed E-state index contributed by atoms with van der Waals surface area (Å²) in [5.41, 5.74) is 3.11. The molecule has 0 aliphatic carbocycles. The molecule has 0 atom stereocenters. The molecule has 0 unspecified atom stereocenters. The van der Waals surface area contributed by atoms with Crippen LogP contribution in [-0.2, 0) is 17.8 Å². The first-order valence-electron chi connectivity index (χ1n) is 8.67. The second-order valence-electron chi connectivity index (χ2n) is 6.27. The molecule has 6 heteroatoms. The van der Waals surface area contributed by atoms with Crippen molar-refractivity contribution in [1.29, 1.82) is 0 Å². The summed E-state index contributed by atoms with van der Waals surface area (Å²) in [5, 5.41) is 7.25. The van der Waals surface area contributed by atoms with Crippen LogP contribution in [0.4, 0.5) is 5.82 Å². The van der Waals surface area contributed by atoms with Crippen molar-refractivity contribution in [3.63, 3.8) is 0 Å². The molecule has 0 aliphatic heterocycles. The van der Waals surface area contributed by atoms with Gasteiger partial charge in [-0.3, -0.25) is 4.79 Å². The highest BCUT2D eigenvalue weighted by Gasteiger charge is 2.12. The first-order valence-corrected chi connectivity index (χ1v) is 8.67. The zero-order chi connectivity index (χ0) is 19.2. The Bertz CT molecular complexity index is 934. The van der Waals surface area contributed by atoms with Gasteiger partial charge in [-0.1, -0.05) is 35.9 Å². The SMILES string of the molecule is COc1ccc(CC(=O)Nc2ccnn2Cc2cccc(C)c2)c(OC)c1. The molecular weight excluding hydrogens is 342 g/mol. The van der Waals surface area contributed by atoms with E-state index in [1.165, 1.54) is 5.56 Å². The van der Waals surface area contributed by atoms with Crippen LogP contribution >= 0.6 is 0 Å². The van der Waals surface area contributed by atoms with Crippen LogP contribution in [0.2, 0.25) is 0 Å². The molecule has 0 spiro atoms. The van der Waals surface area contributed by atoms with E-state index in [4.69, 9.17) is 9.47 Å². The topological polar surface area (TPSA) is 65.4 Å². The van der Waals surface area contributed by atoms with E-state index in [9.17, 15) is 4.79 Å². The lowest BCUT2D eigenvalue weighted by molar-refractivity contribution is -0.115. The number of aromatic nitrogens is 2. The van der Waals surface area contributed by atoms with Gasteiger partial charge in [0, 0.05) is 17.7 Å². The number of nitrogens with zero attached hydrogens (tertiary/aromatic N) is 2. The molecule has 1 N–H and O–H groups in total. The lowest BCUT2D eigenvalue weighted by atomic mass is 10.1. The zero-order valence-corrected chi connectivity index (χ0v) is 15.7. The molecule has 3 rings (SSSR count). The van der Waals surface area contributed by atoms with Crippen LogP contribution in [0, 0.1) is 6.92 Å². The second kappa shape index (κ2) is 8.40. The normalized spacial score (nSPS) is 10.5. The second-order valence-corrected chi connectivity index (χ2v) is 6.27. The highest BCUT2D eigenvalue weighted by atomic mass is 16.5. The van der Waals surface area contributed by atoms with E-state index in [2.05, 4.69) is 29.5 Å². The number of methoxy groups -OCH3 is 2. The Morgan fingerprint density at radius 1 is 1.11 bits per heavy atom. The Morgan fingerprint density at radius 2 is 1.96 bits per heavy atom. The van der Waals surface area contributed by atoms with Gasteiger partial charge in [0.1, 0.15) is 17.3 Å². The molecule has 27 heavy (non-hydrogen) atoms. The quantitative estimate of drug-likeness (QED) is 0.697. The maximum atomic E-state index is 12.5. The van der Waals surface area contributed by atoms with Crippen molar-refractivity contribution in [2.45, 2.75) is 19.9 Å². The van der Waals surface area contributed by atoms with Gasteiger partial charge in [-0.2, -0.15) is 5.10 Å². The molecular formula is C21H23N3O3. The van der Waals surface area contributed by atoms with Gasteiger partial charge in [0.2, 0.25) is 5.91 Å². The molecule has 2 aromatic carbocycles. The van der Waals surface area contributed by atoms with E-state index < -0.39 is 0 Å². The van der Waals surface area contributed by atoms with Gasteiger partial charge in [-0.05, 0) is 18.6 Å². The monoisotopic (exact) mass is 365 g/mol. The van der Waals surface area contributed by atoms with Gasteiger partial charge in [-0.15, -0.1) is 0 Å². The average molecular weight is 365 g/mol. The Hall–Kier alpha value is -3.28. The van der Waals surface area contributed by atoms with Crippen LogP contribution in [-0.4, -0.2) is 29.9 Å². The molecule has 0 saturated heterocycles. The highest BCUT2D eigenvalue weighted by molar-refractivity contribution is 5.91.